The Balaban J connectivity index is 2.23. The van der Waals surface area contributed by atoms with Gasteiger partial charge in [-0.3, -0.25) is 4.79 Å². The third-order valence-corrected chi connectivity index (χ3v) is 3.76. The first-order valence-corrected chi connectivity index (χ1v) is 4.80. The molecule has 0 aromatic carbocycles. The number of hydrogen-bond donors (Lipinski definition) is 0. The molecule has 2 atom stereocenters. The van der Waals surface area contributed by atoms with Gasteiger partial charge >= 0.3 is 0 Å². The third-order valence-electron chi connectivity index (χ3n) is 3.76. The standard InChI is InChI=1S/C10H16O/c1-2-10-6-5-8(7-10)3-4-9(10)11/h8H,2-7H2,1H3/t8-,10+/m0/s1. The summed E-state index contributed by atoms with van der Waals surface area (Å²) in [5.74, 6) is 1.46. The van der Waals surface area contributed by atoms with E-state index in [1.807, 2.05) is 0 Å². The average molecular weight is 152 g/mol. The molecule has 0 heterocycles. The summed E-state index contributed by atoms with van der Waals surface area (Å²) in [5.41, 5.74) is 0.156. The molecule has 1 nitrogen and oxygen atoms in total. The molecule has 0 N–H and O–H groups in total. The van der Waals surface area contributed by atoms with Gasteiger partial charge in [0, 0.05) is 11.8 Å². The highest BCUT2D eigenvalue weighted by Gasteiger charge is 2.46. The summed E-state index contributed by atoms with van der Waals surface area (Å²) in [6.07, 6.45) is 6.86. The highest BCUT2D eigenvalue weighted by atomic mass is 16.1. The van der Waals surface area contributed by atoms with Crippen LogP contribution in [-0.2, 0) is 4.79 Å². The van der Waals surface area contributed by atoms with Crippen LogP contribution in [0.15, 0.2) is 0 Å². The molecule has 1 heteroatoms. The second kappa shape index (κ2) is 2.33. The van der Waals surface area contributed by atoms with Crippen LogP contribution in [0.5, 0.6) is 0 Å². The predicted molar refractivity (Wildman–Crippen MR) is 44.3 cm³/mol. The van der Waals surface area contributed by atoms with Crippen LogP contribution >= 0.6 is 0 Å². The van der Waals surface area contributed by atoms with Crippen LogP contribution in [0.4, 0.5) is 0 Å². The molecule has 2 aliphatic carbocycles. The highest BCUT2D eigenvalue weighted by molar-refractivity contribution is 5.86. The molecule has 0 aromatic rings. The second-order valence-electron chi connectivity index (χ2n) is 4.20. The van der Waals surface area contributed by atoms with Gasteiger partial charge < -0.3 is 0 Å². The Hall–Kier alpha value is -0.330. The van der Waals surface area contributed by atoms with Crippen molar-refractivity contribution in [3.63, 3.8) is 0 Å². The van der Waals surface area contributed by atoms with Crippen molar-refractivity contribution in [3.8, 4) is 0 Å². The van der Waals surface area contributed by atoms with E-state index < -0.39 is 0 Å². The molecule has 0 unspecified atom stereocenters. The SMILES string of the molecule is CC[C@]12CC[C@H](CCC1=O)C2. The number of carbonyl (C=O) groups excluding carboxylic acids is 1. The van der Waals surface area contributed by atoms with Gasteiger partial charge in [-0.15, -0.1) is 0 Å². The zero-order valence-corrected chi connectivity index (χ0v) is 7.23. The van der Waals surface area contributed by atoms with Crippen molar-refractivity contribution < 1.29 is 4.79 Å². The minimum atomic E-state index is 0.156. The van der Waals surface area contributed by atoms with Crippen LogP contribution in [0.2, 0.25) is 0 Å². The van der Waals surface area contributed by atoms with Gasteiger partial charge in [0.25, 0.3) is 0 Å². The van der Waals surface area contributed by atoms with Gasteiger partial charge in [0.2, 0.25) is 0 Å². The lowest BCUT2D eigenvalue weighted by Crippen LogP contribution is -2.30. The second-order valence-corrected chi connectivity index (χ2v) is 4.20. The van der Waals surface area contributed by atoms with Crippen molar-refractivity contribution in [2.24, 2.45) is 11.3 Å². The van der Waals surface area contributed by atoms with Crippen LogP contribution in [0.25, 0.3) is 0 Å². The minimum Gasteiger partial charge on any atom is -0.299 e. The van der Waals surface area contributed by atoms with Gasteiger partial charge in [0.1, 0.15) is 5.78 Å². The predicted octanol–water partition coefficient (Wildman–Crippen LogP) is 2.55. The lowest BCUT2D eigenvalue weighted by Gasteiger charge is -2.30. The maximum Gasteiger partial charge on any atom is 0.139 e. The molecule has 62 valence electrons. The van der Waals surface area contributed by atoms with E-state index in [0.717, 1.165) is 18.8 Å². The number of hydrogen-bond acceptors (Lipinski definition) is 1. The third kappa shape index (κ3) is 0.935. The van der Waals surface area contributed by atoms with E-state index in [1.54, 1.807) is 0 Å². The summed E-state index contributed by atoms with van der Waals surface area (Å²) in [6, 6.07) is 0. The Bertz CT molecular complexity index is 185. The summed E-state index contributed by atoms with van der Waals surface area (Å²) in [6.45, 7) is 2.17. The van der Waals surface area contributed by atoms with E-state index in [0.29, 0.717) is 5.78 Å². The first kappa shape index (κ1) is 7.33. The van der Waals surface area contributed by atoms with Crippen LogP contribution in [-0.4, -0.2) is 5.78 Å². The smallest absolute Gasteiger partial charge is 0.139 e. The molecule has 2 rings (SSSR count). The lowest BCUT2D eigenvalue weighted by molar-refractivity contribution is -0.130. The Labute approximate surface area is 68.2 Å². The lowest BCUT2D eigenvalue weighted by atomic mass is 9.73. The molecule has 0 aromatic heterocycles. The van der Waals surface area contributed by atoms with Gasteiger partial charge in [0.05, 0.1) is 0 Å². The fourth-order valence-electron chi connectivity index (χ4n) is 2.86. The first-order chi connectivity index (χ1) is 5.27. The van der Waals surface area contributed by atoms with E-state index in [9.17, 15) is 4.79 Å². The maximum absolute atomic E-state index is 11.6. The summed E-state index contributed by atoms with van der Waals surface area (Å²) >= 11 is 0. The van der Waals surface area contributed by atoms with E-state index >= 15 is 0 Å². The first-order valence-electron chi connectivity index (χ1n) is 4.80. The van der Waals surface area contributed by atoms with Gasteiger partial charge in [-0.05, 0) is 38.0 Å². The molecule has 0 radical (unpaired) electrons. The van der Waals surface area contributed by atoms with E-state index in [4.69, 9.17) is 0 Å². The molecule has 0 saturated heterocycles. The fourth-order valence-corrected chi connectivity index (χ4v) is 2.86. The molecule has 0 spiro atoms. The molecule has 0 amide bonds. The summed E-state index contributed by atoms with van der Waals surface area (Å²) < 4.78 is 0. The largest absolute Gasteiger partial charge is 0.299 e. The Morgan fingerprint density at radius 1 is 1.55 bits per heavy atom. The van der Waals surface area contributed by atoms with Crippen molar-refractivity contribution in [2.45, 2.75) is 45.4 Å². The van der Waals surface area contributed by atoms with Crippen LogP contribution in [0.1, 0.15) is 45.4 Å². The van der Waals surface area contributed by atoms with Gasteiger partial charge in [-0.2, -0.15) is 0 Å². The molecule has 0 aliphatic heterocycles. The van der Waals surface area contributed by atoms with Crippen LogP contribution in [0, 0.1) is 11.3 Å². The molecule has 2 aliphatic rings. The van der Waals surface area contributed by atoms with Crippen molar-refractivity contribution in [1.29, 1.82) is 0 Å². The molecule has 2 bridgehead atoms. The fraction of sp³-hybridized carbons (Fsp3) is 0.900. The van der Waals surface area contributed by atoms with Gasteiger partial charge in [-0.25, -0.2) is 0 Å². The number of rotatable bonds is 1. The Morgan fingerprint density at radius 3 is 3.00 bits per heavy atom. The van der Waals surface area contributed by atoms with Crippen molar-refractivity contribution in [2.75, 3.05) is 0 Å². The molecule has 2 fully saturated rings. The number of carbonyl (C=O) groups is 1. The maximum atomic E-state index is 11.6. The Kier molecular flexibility index (Phi) is 1.55. The summed E-state index contributed by atoms with van der Waals surface area (Å²) in [5, 5.41) is 0. The number of fused-ring (bicyclic) bond motifs is 2. The van der Waals surface area contributed by atoms with Crippen molar-refractivity contribution >= 4 is 5.78 Å². The van der Waals surface area contributed by atoms with Gasteiger partial charge in [-0.1, -0.05) is 6.92 Å². The monoisotopic (exact) mass is 152 g/mol. The molecular weight excluding hydrogens is 136 g/mol. The Morgan fingerprint density at radius 2 is 2.36 bits per heavy atom. The normalized spacial score (nSPS) is 43.0. The zero-order valence-electron chi connectivity index (χ0n) is 7.23. The minimum absolute atomic E-state index is 0.156. The van der Waals surface area contributed by atoms with E-state index in [2.05, 4.69) is 6.92 Å². The number of Topliss-reactive ketones (excluding diaryl/α,β-unsaturated/α-hetero) is 1. The van der Waals surface area contributed by atoms with Crippen molar-refractivity contribution in [3.05, 3.63) is 0 Å². The number of ketones is 1. The van der Waals surface area contributed by atoms with Crippen LogP contribution < -0.4 is 0 Å². The quantitative estimate of drug-likeness (QED) is 0.564. The summed E-state index contributed by atoms with van der Waals surface area (Å²) in [7, 11) is 0. The topological polar surface area (TPSA) is 17.1 Å². The van der Waals surface area contributed by atoms with Gasteiger partial charge in [0.15, 0.2) is 0 Å². The van der Waals surface area contributed by atoms with Crippen molar-refractivity contribution in [1.82, 2.24) is 0 Å². The average Bonchev–Trinajstić information content (AvgIpc) is 2.39. The van der Waals surface area contributed by atoms with E-state index in [-0.39, 0.29) is 5.41 Å². The highest BCUT2D eigenvalue weighted by Crippen LogP contribution is 2.51. The van der Waals surface area contributed by atoms with E-state index in [1.165, 1.54) is 25.7 Å². The summed E-state index contributed by atoms with van der Waals surface area (Å²) in [4.78, 5) is 11.6. The molecule has 2 saturated carbocycles. The molecular formula is C10H16O. The molecule has 11 heavy (non-hydrogen) atoms. The zero-order chi connectivity index (χ0) is 7.90. The van der Waals surface area contributed by atoms with Crippen LogP contribution in [0.3, 0.4) is 0 Å².